The molecule has 1 aromatic carbocycles. The van der Waals surface area contributed by atoms with Gasteiger partial charge in [-0.3, -0.25) is 4.79 Å². The number of nitriles is 1. The van der Waals surface area contributed by atoms with Crippen molar-refractivity contribution in [3.63, 3.8) is 0 Å². The summed E-state index contributed by atoms with van der Waals surface area (Å²) in [5.41, 5.74) is 2.17. The third-order valence-corrected chi connectivity index (χ3v) is 2.68. The third kappa shape index (κ3) is 3.50. The first kappa shape index (κ1) is 13.6. The van der Waals surface area contributed by atoms with Crippen LogP contribution in [0.25, 0.3) is 0 Å². The third-order valence-electron chi connectivity index (χ3n) is 2.42. The molecule has 0 atom stereocenters. The lowest BCUT2D eigenvalue weighted by Crippen LogP contribution is -2.09. The molecule has 0 amide bonds. The quantitative estimate of drug-likeness (QED) is 0.659. The topological polar surface area (TPSA) is 50.1 Å². The van der Waals surface area contributed by atoms with Crippen LogP contribution < -0.4 is 0 Å². The van der Waals surface area contributed by atoms with Crippen LogP contribution in [0.3, 0.4) is 0 Å². The largest absolute Gasteiger partial charge is 0.466 e. The van der Waals surface area contributed by atoms with E-state index in [0.29, 0.717) is 17.7 Å². The van der Waals surface area contributed by atoms with Gasteiger partial charge in [0.15, 0.2) is 0 Å². The Morgan fingerprint density at radius 3 is 2.59 bits per heavy atom. The van der Waals surface area contributed by atoms with Crippen LogP contribution in [-0.4, -0.2) is 12.6 Å². The number of benzene rings is 1. The maximum Gasteiger partial charge on any atom is 0.310 e. The molecular weight excluding hydrogens is 234 g/mol. The molecule has 0 aliphatic rings. The van der Waals surface area contributed by atoms with Gasteiger partial charge in [0.25, 0.3) is 0 Å². The Hall–Kier alpha value is -1.47. The van der Waals surface area contributed by atoms with Crippen LogP contribution in [0, 0.1) is 11.3 Å². The summed E-state index contributed by atoms with van der Waals surface area (Å²) >= 11 is 4.28. The molecule has 4 heteroatoms. The highest BCUT2D eigenvalue weighted by Gasteiger charge is 2.12. The number of esters is 1. The zero-order valence-corrected chi connectivity index (χ0v) is 10.9. The maximum atomic E-state index is 11.4. The first-order valence-electron chi connectivity index (χ1n) is 5.52. The Morgan fingerprint density at radius 1 is 1.41 bits per heavy atom. The van der Waals surface area contributed by atoms with Gasteiger partial charge in [-0.05, 0) is 36.6 Å². The van der Waals surface area contributed by atoms with E-state index in [1.54, 1.807) is 13.0 Å². The first-order chi connectivity index (χ1) is 8.12. The number of hydrogen-bond acceptors (Lipinski definition) is 4. The second-order valence-corrected chi connectivity index (χ2v) is 4.10. The molecule has 1 rings (SSSR count). The molecule has 0 saturated heterocycles. The van der Waals surface area contributed by atoms with Crippen LogP contribution in [0.4, 0.5) is 0 Å². The molecule has 0 spiro atoms. The van der Waals surface area contributed by atoms with E-state index in [2.05, 4.69) is 18.7 Å². The normalized spacial score (nSPS) is 9.76. The number of rotatable bonds is 4. The van der Waals surface area contributed by atoms with E-state index in [1.165, 1.54) is 0 Å². The van der Waals surface area contributed by atoms with Crippen molar-refractivity contribution in [2.75, 3.05) is 6.61 Å². The number of thiol groups is 1. The molecule has 0 N–H and O–H groups in total. The minimum atomic E-state index is -0.315. The van der Waals surface area contributed by atoms with Crippen LogP contribution in [0.1, 0.15) is 30.5 Å². The van der Waals surface area contributed by atoms with Gasteiger partial charge >= 0.3 is 5.97 Å². The van der Waals surface area contributed by atoms with Crippen LogP contribution in [-0.2, 0) is 22.4 Å². The van der Waals surface area contributed by atoms with Gasteiger partial charge in [0.1, 0.15) is 0 Å². The average Bonchev–Trinajstić information content (AvgIpc) is 2.28. The second-order valence-electron chi connectivity index (χ2n) is 3.59. The molecule has 0 fully saturated rings. The summed E-state index contributed by atoms with van der Waals surface area (Å²) in [6.07, 6.45) is 0.866. The van der Waals surface area contributed by atoms with Crippen molar-refractivity contribution in [2.24, 2.45) is 0 Å². The van der Waals surface area contributed by atoms with E-state index in [4.69, 9.17) is 10.00 Å². The lowest BCUT2D eigenvalue weighted by atomic mass is 9.98. The zero-order chi connectivity index (χ0) is 12.8. The summed E-state index contributed by atoms with van der Waals surface area (Å²) < 4.78 is 4.89. The zero-order valence-electron chi connectivity index (χ0n) is 9.99. The van der Waals surface area contributed by atoms with Gasteiger partial charge in [0.2, 0.25) is 0 Å². The Bertz CT molecular complexity index is 463. The molecule has 0 bridgehead atoms. The lowest BCUT2D eigenvalue weighted by Gasteiger charge is -2.09. The Balaban J connectivity index is 3.10. The molecule has 17 heavy (non-hydrogen) atoms. The van der Waals surface area contributed by atoms with Gasteiger partial charge in [-0.15, -0.1) is 12.6 Å². The fourth-order valence-corrected chi connectivity index (χ4v) is 1.99. The molecule has 0 aliphatic carbocycles. The summed E-state index contributed by atoms with van der Waals surface area (Å²) in [7, 11) is 0. The highest BCUT2D eigenvalue weighted by atomic mass is 32.1. The Morgan fingerprint density at radius 2 is 2.06 bits per heavy atom. The molecule has 0 heterocycles. The molecule has 0 saturated carbocycles. The summed E-state index contributed by atoms with van der Waals surface area (Å²) in [5, 5.41) is 9.14. The van der Waals surface area contributed by atoms with Crippen molar-refractivity contribution in [1.29, 1.82) is 5.26 Å². The van der Waals surface area contributed by atoms with Crippen LogP contribution in [0.15, 0.2) is 17.0 Å². The van der Waals surface area contributed by atoms with Gasteiger partial charge in [-0.1, -0.05) is 6.92 Å². The minimum absolute atomic E-state index is 0.123. The Labute approximate surface area is 107 Å². The highest BCUT2D eigenvalue weighted by molar-refractivity contribution is 7.80. The van der Waals surface area contributed by atoms with Gasteiger partial charge in [-0.2, -0.15) is 5.26 Å². The van der Waals surface area contributed by atoms with Crippen molar-refractivity contribution in [1.82, 2.24) is 0 Å². The SMILES string of the molecule is CCOC(=O)Cc1cc(S)cc(CC)c1C#N. The Kier molecular flexibility index (Phi) is 5.05. The fraction of sp³-hybridized carbons (Fsp3) is 0.385. The number of aryl methyl sites for hydroxylation is 1. The minimum Gasteiger partial charge on any atom is -0.466 e. The summed E-state index contributed by atoms with van der Waals surface area (Å²) in [5.74, 6) is -0.315. The van der Waals surface area contributed by atoms with Gasteiger partial charge in [0.05, 0.1) is 24.7 Å². The van der Waals surface area contributed by atoms with Crippen LogP contribution in [0.5, 0.6) is 0 Å². The molecule has 0 aromatic heterocycles. The van der Waals surface area contributed by atoms with Crippen LogP contribution in [0.2, 0.25) is 0 Å². The van der Waals surface area contributed by atoms with E-state index < -0.39 is 0 Å². The van der Waals surface area contributed by atoms with E-state index >= 15 is 0 Å². The lowest BCUT2D eigenvalue weighted by molar-refractivity contribution is -0.142. The monoisotopic (exact) mass is 249 g/mol. The number of ether oxygens (including phenoxy) is 1. The number of carbonyl (C=O) groups excluding carboxylic acids is 1. The first-order valence-corrected chi connectivity index (χ1v) is 5.97. The molecule has 90 valence electrons. The summed E-state index contributed by atoms with van der Waals surface area (Å²) in [4.78, 5) is 12.2. The number of hydrogen-bond donors (Lipinski definition) is 1. The van der Waals surface area contributed by atoms with E-state index in [0.717, 1.165) is 16.9 Å². The van der Waals surface area contributed by atoms with Gasteiger partial charge < -0.3 is 4.74 Å². The van der Waals surface area contributed by atoms with Crippen LogP contribution >= 0.6 is 12.6 Å². The van der Waals surface area contributed by atoms with Crippen molar-refractivity contribution in [2.45, 2.75) is 31.6 Å². The summed E-state index contributed by atoms with van der Waals surface area (Å²) in [6.45, 7) is 4.08. The molecule has 1 aromatic rings. The fourth-order valence-electron chi connectivity index (χ4n) is 1.68. The van der Waals surface area contributed by atoms with E-state index in [9.17, 15) is 4.79 Å². The standard InChI is InChI=1S/C13H15NO2S/c1-3-9-5-11(17)6-10(12(9)8-14)7-13(15)16-4-2/h5-6,17H,3-4,7H2,1-2H3. The average molecular weight is 249 g/mol. The maximum absolute atomic E-state index is 11.4. The van der Waals surface area contributed by atoms with Crippen molar-refractivity contribution < 1.29 is 9.53 Å². The van der Waals surface area contributed by atoms with Crippen molar-refractivity contribution in [3.8, 4) is 6.07 Å². The molecule has 3 nitrogen and oxygen atoms in total. The predicted molar refractivity (Wildman–Crippen MR) is 68.1 cm³/mol. The molecule has 0 aliphatic heterocycles. The number of carbonyl (C=O) groups is 1. The predicted octanol–water partition coefficient (Wildman–Crippen LogP) is 2.51. The van der Waals surface area contributed by atoms with E-state index in [-0.39, 0.29) is 12.4 Å². The molecular formula is C13H15NO2S. The van der Waals surface area contributed by atoms with Crippen molar-refractivity contribution in [3.05, 3.63) is 28.8 Å². The van der Waals surface area contributed by atoms with E-state index in [1.807, 2.05) is 13.0 Å². The second kappa shape index (κ2) is 6.31. The highest BCUT2D eigenvalue weighted by Crippen LogP contribution is 2.21. The van der Waals surface area contributed by atoms with Gasteiger partial charge in [-0.25, -0.2) is 0 Å². The molecule has 0 radical (unpaired) electrons. The van der Waals surface area contributed by atoms with Gasteiger partial charge in [0, 0.05) is 4.90 Å². The summed E-state index contributed by atoms with van der Waals surface area (Å²) in [6, 6.07) is 5.75. The molecule has 0 unspecified atom stereocenters. The number of nitrogens with zero attached hydrogens (tertiary/aromatic N) is 1. The van der Waals surface area contributed by atoms with Crippen molar-refractivity contribution >= 4 is 18.6 Å². The smallest absolute Gasteiger partial charge is 0.310 e.